The molecule has 1 saturated heterocycles. The number of hydrogen-bond donors (Lipinski definition) is 2. The van der Waals surface area contributed by atoms with E-state index in [1.54, 1.807) is 13.3 Å². The van der Waals surface area contributed by atoms with Crippen LogP contribution in [0.3, 0.4) is 0 Å². The molecule has 0 radical (unpaired) electrons. The van der Waals surface area contributed by atoms with Crippen LogP contribution in [0, 0.1) is 0 Å². The van der Waals surface area contributed by atoms with Crippen LogP contribution in [0.2, 0.25) is 0 Å². The van der Waals surface area contributed by atoms with Crippen LogP contribution in [0.25, 0.3) is 0 Å². The number of ketones is 1. The fraction of sp³-hybridized carbons (Fsp3) is 0.286. The van der Waals surface area contributed by atoms with Crippen molar-refractivity contribution in [3.05, 3.63) is 36.0 Å². The van der Waals surface area contributed by atoms with E-state index in [4.69, 9.17) is 4.74 Å². The van der Waals surface area contributed by atoms with Gasteiger partial charge in [-0.1, -0.05) is 0 Å². The molecule has 0 unspecified atom stereocenters. The largest absolute Gasteiger partial charge is 0.497 e. The van der Waals surface area contributed by atoms with Crippen molar-refractivity contribution in [2.75, 3.05) is 19.0 Å². The Labute approximate surface area is 111 Å². The molecule has 0 aromatic heterocycles. The van der Waals surface area contributed by atoms with E-state index in [9.17, 15) is 9.59 Å². The maximum atomic E-state index is 11.8. The van der Waals surface area contributed by atoms with Gasteiger partial charge in [-0.15, -0.1) is 0 Å². The molecule has 100 valence electrons. The topological polar surface area (TPSA) is 67.4 Å². The minimum absolute atomic E-state index is 0.0733. The predicted molar refractivity (Wildman–Crippen MR) is 72.0 cm³/mol. The Morgan fingerprint density at radius 3 is 2.68 bits per heavy atom. The third-order valence-electron chi connectivity index (χ3n) is 2.90. The highest BCUT2D eigenvalue weighted by Gasteiger charge is 2.18. The lowest BCUT2D eigenvalue weighted by molar-refractivity contribution is -0.125. The predicted octanol–water partition coefficient (Wildman–Crippen LogP) is 1.47. The number of methoxy groups -OCH3 is 1. The zero-order valence-corrected chi connectivity index (χ0v) is 10.7. The van der Waals surface area contributed by atoms with Gasteiger partial charge in [0.15, 0.2) is 5.78 Å². The number of nitrogens with one attached hydrogen (secondary N) is 2. The maximum Gasteiger partial charge on any atom is 0.227 e. The number of carbonyl (C=O) groups excluding carboxylic acids is 2. The van der Waals surface area contributed by atoms with Gasteiger partial charge < -0.3 is 15.4 Å². The molecule has 19 heavy (non-hydrogen) atoms. The van der Waals surface area contributed by atoms with E-state index in [0.29, 0.717) is 18.5 Å². The first-order valence-corrected chi connectivity index (χ1v) is 6.08. The molecule has 0 aliphatic carbocycles. The van der Waals surface area contributed by atoms with Crippen LogP contribution in [-0.4, -0.2) is 25.3 Å². The molecule has 0 saturated carbocycles. The fourth-order valence-corrected chi connectivity index (χ4v) is 1.81. The summed E-state index contributed by atoms with van der Waals surface area (Å²) in [6.07, 6.45) is 2.15. The van der Waals surface area contributed by atoms with E-state index in [-0.39, 0.29) is 18.1 Å². The molecular formula is C14H16N2O3. The lowest BCUT2D eigenvalue weighted by Crippen LogP contribution is -2.22. The standard InChI is InChI=1S/C14H16N2O3/c1-19-12-4-2-11(3-5-12)16-9-10-6-7-15-14(18)8-13(10)17/h2-5,9,16H,6-8H2,1H3,(H,15,18). The van der Waals surface area contributed by atoms with E-state index in [0.717, 1.165) is 11.4 Å². The zero-order chi connectivity index (χ0) is 13.7. The van der Waals surface area contributed by atoms with E-state index < -0.39 is 0 Å². The molecule has 1 aliphatic rings. The van der Waals surface area contributed by atoms with Crippen molar-refractivity contribution in [1.82, 2.24) is 5.32 Å². The van der Waals surface area contributed by atoms with Crippen molar-refractivity contribution >= 4 is 17.4 Å². The number of carbonyl (C=O) groups is 2. The molecule has 1 aliphatic heterocycles. The molecule has 5 nitrogen and oxygen atoms in total. The first kappa shape index (κ1) is 13.1. The van der Waals surface area contributed by atoms with Gasteiger partial charge in [-0.25, -0.2) is 0 Å². The Morgan fingerprint density at radius 2 is 2.00 bits per heavy atom. The number of ether oxygens (including phenoxy) is 1. The molecular weight excluding hydrogens is 244 g/mol. The molecule has 0 spiro atoms. The summed E-state index contributed by atoms with van der Waals surface area (Å²) in [6, 6.07) is 7.39. The highest BCUT2D eigenvalue weighted by Crippen LogP contribution is 2.16. The molecule has 2 N–H and O–H groups in total. The average Bonchev–Trinajstić information content (AvgIpc) is 2.58. The van der Waals surface area contributed by atoms with E-state index in [2.05, 4.69) is 10.6 Å². The van der Waals surface area contributed by atoms with Gasteiger partial charge in [0.1, 0.15) is 5.75 Å². The van der Waals surface area contributed by atoms with Gasteiger partial charge in [-0.3, -0.25) is 9.59 Å². The Bertz CT molecular complexity index is 506. The van der Waals surface area contributed by atoms with Crippen LogP contribution in [0.1, 0.15) is 12.8 Å². The number of benzene rings is 1. The minimum Gasteiger partial charge on any atom is -0.497 e. The molecule has 1 heterocycles. The van der Waals surface area contributed by atoms with Crippen LogP contribution in [-0.2, 0) is 9.59 Å². The van der Waals surface area contributed by atoms with Gasteiger partial charge in [0.25, 0.3) is 0 Å². The lowest BCUT2D eigenvalue weighted by atomic mass is 10.1. The van der Waals surface area contributed by atoms with Crippen LogP contribution >= 0.6 is 0 Å². The minimum atomic E-state index is -0.210. The van der Waals surface area contributed by atoms with E-state index >= 15 is 0 Å². The lowest BCUT2D eigenvalue weighted by Gasteiger charge is -2.05. The van der Waals surface area contributed by atoms with Crippen LogP contribution in [0.5, 0.6) is 5.75 Å². The molecule has 1 fully saturated rings. The molecule has 5 heteroatoms. The third kappa shape index (κ3) is 3.58. The van der Waals surface area contributed by atoms with Crippen molar-refractivity contribution in [3.63, 3.8) is 0 Å². The molecule has 0 atom stereocenters. The maximum absolute atomic E-state index is 11.8. The van der Waals surface area contributed by atoms with E-state index in [1.807, 2.05) is 24.3 Å². The van der Waals surface area contributed by atoms with Crippen LogP contribution in [0.4, 0.5) is 5.69 Å². The number of rotatable bonds is 3. The normalized spacial score (nSPS) is 17.8. The van der Waals surface area contributed by atoms with Crippen molar-refractivity contribution in [1.29, 1.82) is 0 Å². The Morgan fingerprint density at radius 1 is 1.26 bits per heavy atom. The van der Waals surface area contributed by atoms with Crippen molar-refractivity contribution in [2.24, 2.45) is 0 Å². The molecule has 1 amide bonds. The summed E-state index contributed by atoms with van der Waals surface area (Å²) in [5.41, 5.74) is 1.50. The Balaban J connectivity index is 2.03. The van der Waals surface area contributed by atoms with Gasteiger partial charge in [0, 0.05) is 24.0 Å². The summed E-state index contributed by atoms with van der Waals surface area (Å²) < 4.78 is 5.07. The summed E-state index contributed by atoms with van der Waals surface area (Å²) >= 11 is 0. The first-order valence-electron chi connectivity index (χ1n) is 6.08. The Kier molecular flexibility index (Phi) is 4.18. The number of hydrogen-bond acceptors (Lipinski definition) is 4. The van der Waals surface area contributed by atoms with Gasteiger partial charge >= 0.3 is 0 Å². The van der Waals surface area contributed by atoms with Gasteiger partial charge in [-0.2, -0.15) is 0 Å². The summed E-state index contributed by atoms with van der Waals surface area (Å²) in [5, 5.41) is 5.73. The molecule has 2 rings (SSSR count). The number of anilines is 1. The zero-order valence-electron chi connectivity index (χ0n) is 10.7. The second-order valence-corrected chi connectivity index (χ2v) is 4.24. The molecule has 1 aromatic rings. The SMILES string of the molecule is COc1ccc(NC=C2CCNC(=O)CC2=O)cc1. The fourth-order valence-electron chi connectivity index (χ4n) is 1.81. The monoisotopic (exact) mass is 260 g/mol. The molecule has 1 aromatic carbocycles. The summed E-state index contributed by atoms with van der Waals surface area (Å²) in [4.78, 5) is 22.9. The second-order valence-electron chi connectivity index (χ2n) is 4.24. The van der Waals surface area contributed by atoms with Crippen molar-refractivity contribution < 1.29 is 14.3 Å². The molecule has 0 bridgehead atoms. The number of amides is 1. The Hall–Kier alpha value is -2.30. The van der Waals surface area contributed by atoms with Crippen molar-refractivity contribution in [3.8, 4) is 5.75 Å². The van der Waals surface area contributed by atoms with E-state index in [1.165, 1.54) is 0 Å². The quantitative estimate of drug-likeness (QED) is 0.638. The summed E-state index contributed by atoms with van der Waals surface area (Å²) in [6.45, 7) is 0.501. The smallest absolute Gasteiger partial charge is 0.227 e. The van der Waals surface area contributed by atoms with Gasteiger partial charge in [-0.05, 0) is 30.7 Å². The highest BCUT2D eigenvalue weighted by atomic mass is 16.5. The van der Waals surface area contributed by atoms with Gasteiger partial charge in [0.2, 0.25) is 5.91 Å². The second kappa shape index (κ2) is 6.04. The average molecular weight is 260 g/mol. The third-order valence-corrected chi connectivity index (χ3v) is 2.90. The first-order chi connectivity index (χ1) is 9.19. The van der Waals surface area contributed by atoms with Crippen LogP contribution < -0.4 is 15.4 Å². The van der Waals surface area contributed by atoms with Gasteiger partial charge in [0.05, 0.1) is 13.5 Å². The highest BCUT2D eigenvalue weighted by molar-refractivity contribution is 6.07. The number of Topliss-reactive ketones (excluding diaryl/α,β-unsaturated/α-hetero) is 1. The summed E-state index contributed by atoms with van der Waals surface area (Å²) in [7, 11) is 1.61. The van der Waals surface area contributed by atoms with Crippen molar-refractivity contribution in [2.45, 2.75) is 12.8 Å². The van der Waals surface area contributed by atoms with Crippen LogP contribution in [0.15, 0.2) is 36.0 Å². The summed E-state index contributed by atoms with van der Waals surface area (Å²) in [5.74, 6) is 0.437.